The van der Waals surface area contributed by atoms with Crippen LogP contribution in [0.25, 0.3) is 0 Å². The minimum atomic E-state index is -2.67. The number of allylic oxidation sites excluding steroid dienone is 1. The van der Waals surface area contributed by atoms with Gasteiger partial charge in [-0.2, -0.15) is 0 Å². The van der Waals surface area contributed by atoms with Crippen LogP contribution in [-0.4, -0.2) is 81.7 Å². The zero-order valence-corrected chi connectivity index (χ0v) is 23.0. The monoisotopic (exact) mass is 543 g/mol. The summed E-state index contributed by atoms with van der Waals surface area (Å²) in [5.74, 6) is -6.02. The summed E-state index contributed by atoms with van der Waals surface area (Å²) in [4.78, 5) is 40.8. The Balaban J connectivity index is 1.87. The molecule has 1 aromatic carbocycles. The Hall–Kier alpha value is -3.41. The van der Waals surface area contributed by atoms with E-state index >= 15 is 0 Å². The smallest absolute Gasteiger partial charge is 0.255 e. The highest BCUT2D eigenvalue weighted by molar-refractivity contribution is 6.24. The highest BCUT2D eigenvalue weighted by Crippen LogP contribution is 2.53. The van der Waals surface area contributed by atoms with Gasteiger partial charge in [0.25, 0.3) is 5.91 Å². The molecule has 1 aromatic rings. The van der Waals surface area contributed by atoms with Crippen molar-refractivity contribution < 1.29 is 39.5 Å². The fourth-order valence-electron chi connectivity index (χ4n) is 6.25. The zero-order chi connectivity index (χ0) is 29.1. The summed E-state index contributed by atoms with van der Waals surface area (Å²) in [5, 5.41) is 48.3. The van der Waals surface area contributed by atoms with E-state index in [2.05, 4.69) is 19.2 Å². The summed E-state index contributed by atoms with van der Waals surface area (Å²) in [6, 6.07) is 0.571. The SMILES string of the molecule is COc1c(CN[C@@H](C)C(C)C)cc(O)c2c1C[C@H]1C[C@H]3[C@H](N(C)C)C(O)=C(C(N)=O)C(=O)[C@@]3(O)C(O)=C1C2=O. The van der Waals surface area contributed by atoms with E-state index in [1.54, 1.807) is 14.1 Å². The number of carbonyl (C=O) groups excluding carboxylic acids is 3. The second-order valence-electron chi connectivity index (χ2n) is 11.3. The molecule has 0 unspecified atom stereocenters. The lowest BCUT2D eigenvalue weighted by atomic mass is 9.58. The van der Waals surface area contributed by atoms with Gasteiger partial charge in [0.05, 0.1) is 18.7 Å². The Morgan fingerprint density at radius 1 is 1.23 bits per heavy atom. The Morgan fingerprint density at radius 3 is 2.41 bits per heavy atom. The average Bonchev–Trinajstić information content (AvgIpc) is 2.84. The van der Waals surface area contributed by atoms with Crippen molar-refractivity contribution in [3.05, 3.63) is 45.4 Å². The van der Waals surface area contributed by atoms with Crippen molar-refractivity contribution in [2.75, 3.05) is 21.2 Å². The molecule has 0 bridgehead atoms. The molecule has 5 atom stereocenters. The lowest BCUT2D eigenvalue weighted by Crippen LogP contribution is -2.63. The molecule has 0 heterocycles. The van der Waals surface area contributed by atoms with Crippen LogP contribution in [0.2, 0.25) is 0 Å². The van der Waals surface area contributed by atoms with Crippen molar-refractivity contribution in [2.45, 2.75) is 57.8 Å². The number of nitrogens with two attached hydrogens (primary N) is 1. The maximum absolute atomic E-state index is 13.8. The van der Waals surface area contributed by atoms with Crippen LogP contribution in [0, 0.1) is 17.8 Å². The van der Waals surface area contributed by atoms with Crippen molar-refractivity contribution in [2.24, 2.45) is 23.5 Å². The number of methoxy groups -OCH3 is 1. The minimum absolute atomic E-state index is 0.0164. The number of nitrogens with zero attached hydrogens (tertiary/aromatic N) is 1. The van der Waals surface area contributed by atoms with Gasteiger partial charge in [0.1, 0.15) is 28.6 Å². The lowest BCUT2D eigenvalue weighted by Gasteiger charge is -2.50. The molecule has 11 nitrogen and oxygen atoms in total. The van der Waals surface area contributed by atoms with E-state index in [0.717, 1.165) is 0 Å². The maximum Gasteiger partial charge on any atom is 0.255 e. The summed E-state index contributed by atoms with van der Waals surface area (Å²) in [6.07, 6.45) is 0.182. The number of hydrogen-bond acceptors (Lipinski definition) is 10. The fourth-order valence-corrected chi connectivity index (χ4v) is 6.25. The molecule has 0 saturated carbocycles. The van der Waals surface area contributed by atoms with Crippen LogP contribution in [0.4, 0.5) is 0 Å². The molecule has 3 aliphatic rings. The lowest BCUT2D eigenvalue weighted by molar-refractivity contribution is -0.148. The number of primary amides is 1. The van der Waals surface area contributed by atoms with Crippen LogP contribution < -0.4 is 15.8 Å². The number of hydrogen-bond donors (Lipinski definition) is 6. The second kappa shape index (κ2) is 9.96. The quantitative estimate of drug-likeness (QED) is 0.274. The first-order chi connectivity index (χ1) is 18.2. The number of aromatic hydroxyl groups is 1. The summed E-state index contributed by atoms with van der Waals surface area (Å²) in [6.45, 7) is 6.59. The summed E-state index contributed by atoms with van der Waals surface area (Å²) >= 11 is 0. The van der Waals surface area contributed by atoms with Crippen LogP contribution >= 0.6 is 0 Å². The molecular formula is C28H37N3O8. The predicted molar refractivity (Wildman–Crippen MR) is 141 cm³/mol. The molecule has 4 rings (SSSR count). The van der Waals surface area contributed by atoms with Crippen molar-refractivity contribution in [3.8, 4) is 11.5 Å². The van der Waals surface area contributed by atoms with E-state index in [1.165, 1.54) is 18.1 Å². The summed E-state index contributed by atoms with van der Waals surface area (Å²) in [5.41, 5.74) is 2.70. The first-order valence-electron chi connectivity index (χ1n) is 13.0. The minimum Gasteiger partial charge on any atom is -0.510 e. The maximum atomic E-state index is 13.8. The zero-order valence-electron chi connectivity index (χ0n) is 23.0. The fraction of sp³-hybridized carbons (Fsp3) is 0.536. The predicted octanol–water partition coefficient (Wildman–Crippen LogP) is 1.26. The molecule has 0 saturated heterocycles. The van der Waals surface area contributed by atoms with E-state index in [0.29, 0.717) is 29.3 Å². The number of Topliss-reactive ketones (excluding diaryl/α,β-unsaturated/α-hetero) is 2. The largest absolute Gasteiger partial charge is 0.510 e. The van der Waals surface area contributed by atoms with E-state index in [-0.39, 0.29) is 35.8 Å². The number of rotatable bonds is 7. The number of ketones is 2. The standard InChI is InChI=1S/C28H37N3O8/c1-11(2)12(3)30-10-14-9-17(32)19-15(24(14)39-6)7-13-8-16-21(31(4)5)23(34)20(27(29)37)26(36)28(16,38)25(35)18(13)22(19)33/h9,11-13,16,21,30,32,34-35,38H,7-8,10H2,1-6H3,(H2,29,37)/t12-,13-,16-,21-,28-/m0/s1. The Bertz CT molecular complexity index is 1310. The summed E-state index contributed by atoms with van der Waals surface area (Å²) in [7, 11) is 4.66. The molecule has 212 valence electrons. The van der Waals surface area contributed by atoms with Crippen LogP contribution in [-0.2, 0) is 22.6 Å². The first kappa shape index (κ1) is 28.6. The number of nitrogens with one attached hydrogen (secondary N) is 1. The van der Waals surface area contributed by atoms with Gasteiger partial charge in [-0.1, -0.05) is 13.8 Å². The van der Waals surface area contributed by atoms with Crippen molar-refractivity contribution in [3.63, 3.8) is 0 Å². The number of benzene rings is 1. The molecule has 0 aromatic heterocycles. The topological polar surface area (TPSA) is 183 Å². The van der Waals surface area contributed by atoms with Gasteiger partial charge in [0, 0.05) is 35.2 Å². The van der Waals surface area contributed by atoms with E-state index in [9.17, 15) is 34.8 Å². The van der Waals surface area contributed by atoms with Crippen molar-refractivity contribution in [1.82, 2.24) is 10.2 Å². The number of likely N-dealkylation sites (N-methyl/N-ethyl adjacent to an activating group) is 1. The van der Waals surface area contributed by atoms with E-state index < -0.39 is 58.0 Å². The average molecular weight is 544 g/mol. The Labute approximate surface area is 226 Å². The van der Waals surface area contributed by atoms with Gasteiger partial charge in [-0.15, -0.1) is 0 Å². The van der Waals surface area contributed by atoms with Gasteiger partial charge in [0.2, 0.25) is 5.78 Å². The van der Waals surface area contributed by atoms with Gasteiger partial charge in [-0.05, 0) is 51.8 Å². The number of aliphatic hydroxyl groups excluding tert-OH is 2. The first-order valence-corrected chi connectivity index (χ1v) is 13.0. The van der Waals surface area contributed by atoms with E-state index in [4.69, 9.17) is 10.5 Å². The number of aliphatic hydroxyl groups is 3. The third-order valence-electron chi connectivity index (χ3n) is 8.57. The van der Waals surface area contributed by atoms with Crippen molar-refractivity contribution in [1.29, 1.82) is 0 Å². The molecule has 0 fully saturated rings. The third kappa shape index (κ3) is 4.19. The van der Waals surface area contributed by atoms with Crippen LogP contribution in [0.15, 0.2) is 28.7 Å². The molecule has 39 heavy (non-hydrogen) atoms. The van der Waals surface area contributed by atoms with E-state index in [1.807, 2.05) is 6.92 Å². The van der Waals surface area contributed by atoms with Gasteiger partial charge < -0.3 is 36.2 Å². The molecule has 11 heteroatoms. The second-order valence-corrected chi connectivity index (χ2v) is 11.3. The normalized spacial score (nSPS) is 27.5. The van der Waals surface area contributed by atoms with Crippen LogP contribution in [0.5, 0.6) is 11.5 Å². The van der Waals surface area contributed by atoms with Gasteiger partial charge in [-0.25, -0.2) is 0 Å². The molecule has 1 amide bonds. The number of ether oxygens (including phenoxy) is 1. The molecule has 3 aliphatic carbocycles. The number of phenols is 1. The number of amides is 1. The molecule has 0 radical (unpaired) electrons. The van der Waals surface area contributed by atoms with Gasteiger partial charge >= 0.3 is 0 Å². The number of fused-ring (bicyclic) bond motifs is 3. The number of carbonyl (C=O) groups is 3. The van der Waals surface area contributed by atoms with Crippen molar-refractivity contribution >= 4 is 17.5 Å². The molecular weight excluding hydrogens is 506 g/mol. The van der Waals surface area contributed by atoms with Crippen LogP contribution in [0.3, 0.4) is 0 Å². The molecule has 0 aliphatic heterocycles. The molecule has 7 N–H and O–H groups in total. The van der Waals surface area contributed by atoms with Crippen LogP contribution in [0.1, 0.15) is 48.7 Å². The molecule has 0 spiro atoms. The third-order valence-corrected chi connectivity index (χ3v) is 8.57. The van der Waals surface area contributed by atoms with Gasteiger partial charge in [-0.3, -0.25) is 19.3 Å². The Morgan fingerprint density at radius 2 is 1.87 bits per heavy atom. The summed E-state index contributed by atoms with van der Waals surface area (Å²) < 4.78 is 5.71. The highest BCUT2D eigenvalue weighted by Gasteiger charge is 2.63. The van der Waals surface area contributed by atoms with Gasteiger partial charge in [0.15, 0.2) is 11.4 Å². The highest BCUT2D eigenvalue weighted by atomic mass is 16.5. The Kier molecular flexibility index (Phi) is 7.30. The number of phenolic OH excluding ortho intramolecular Hbond substituents is 1.